The number of rotatable bonds is 41. The molecule has 7 amide bonds. The van der Waals surface area contributed by atoms with Crippen LogP contribution in [0.25, 0.3) is 0 Å². The first kappa shape index (κ1) is 110. The summed E-state index contributed by atoms with van der Waals surface area (Å²) in [6, 6.07) is 30.0. The van der Waals surface area contributed by atoms with Gasteiger partial charge in [-0.25, -0.2) is 19.2 Å². The van der Waals surface area contributed by atoms with Crippen molar-refractivity contribution in [2.75, 3.05) is 32.7 Å². The van der Waals surface area contributed by atoms with Crippen LogP contribution >= 0.6 is 0 Å². The highest BCUT2D eigenvalue weighted by Crippen LogP contribution is 2.30. The topological polar surface area (TPSA) is 539 Å². The van der Waals surface area contributed by atoms with Gasteiger partial charge in [0.15, 0.2) is 5.96 Å². The largest absolute Gasteiger partial charge is 0.508 e. The van der Waals surface area contributed by atoms with Crippen molar-refractivity contribution in [1.82, 2.24) is 42.1 Å². The first-order chi connectivity index (χ1) is 60.0. The smallest absolute Gasteiger partial charge is 0.490 e. The third-order valence-electron chi connectivity index (χ3n) is 20.2. The van der Waals surface area contributed by atoms with E-state index < -0.39 is 109 Å². The molecule has 710 valence electrons. The number of fused-ring (bicyclic) bond motifs is 1. The molecule has 0 bridgehead atoms. The number of carboxylic acid groups (broad SMARTS) is 4. The Morgan fingerprint density at radius 1 is 0.453 bits per heavy atom. The zero-order valence-corrected chi connectivity index (χ0v) is 70.5. The van der Waals surface area contributed by atoms with E-state index in [0.717, 1.165) is 109 Å². The fourth-order valence-electron chi connectivity index (χ4n) is 13.5. The van der Waals surface area contributed by atoms with E-state index in [4.69, 9.17) is 68.3 Å². The van der Waals surface area contributed by atoms with Crippen molar-refractivity contribution in [3.8, 4) is 11.5 Å². The van der Waals surface area contributed by atoms with E-state index in [0.29, 0.717) is 83.5 Å². The molecule has 1 saturated carbocycles. The molecule has 23 N–H and O–H groups in total. The molecule has 1 heterocycles. The highest BCUT2D eigenvalue weighted by Gasteiger charge is 2.42. The number of nitrogens with one attached hydrogen (secondary N) is 7. The zero-order chi connectivity index (χ0) is 96.1. The summed E-state index contributed by atoms with van der Waals surface area (Å²) in [6.07, 6.45) is -6.17. The molecular formula is C85H114F12N14O17. The van der Waals surface area contributed by atoms with Crippen molar-refractivity contribution in [3.63, 3.8) is 0 Å². The number of aliphatic carboxylic acids is 4. The third-order valence-corrected chi connectivity index (χ3v) is 20.2. The molecule has 8 atom stereocenters. The van der Waals surface area contributed by atoms with Gasteiger partial charge in [-0.2, -0.15) is 52.7 Å². The Morgan fingerprint density at radius 2 is 0.867 bits per heavy atom. The van der Waals surface area contributed by atoms with Crippen LogP contribution in [0.3, 0.4) is 0 Å². The molecule has 43 heteroatoms. The normalized spacial score (nSPS) is 14.9. The second-order valence-corrected chi connectivity index (χ2v) is 30.4. The van der Waals surface area contributed by atoms with Gasteiger partial charge in [-0.1, -0.05) is 155 Å². The summed E-state index contributed by atoms with van der Waals surface area (Å²) in [7, 11) is 0. The number of alkyl halides is 12. The van der Waals surface area contributed by atoms with Crippen LogP contribution in [0, 0.1) is 19.8 Å². The number of phenolic OH excluding ortho intramolecular Hbond substituents is 2. The van der Waals surface area contributed by atoms with E-state index in [9.17, 15) is 96.5 Å². The van der Waals surface area contributed by atoms with E-state index in [2.05, 4.69) is 48.3 Å². The lowest BCUT2D eigenvalue weighted by Crippen LogP contribution is -2.58. The van der Waals surface area contributed by atoms with Gasteiger partial charge in [0, 0.05) is 39.1 Å². The molecule has 31 nitrogen and oxygen atoms in total. The van der Waals surface area contributed by atoms with E-state index in [-0.39, 0.29) is 85.9 Å². The molecule has 1 aliphatic carbocycles. The molecule has 128 heavy (non-hydrogen) atoms. The number of hydrogen-bond donors (Lipinski definition) is 18. The number of halogens is 12. The first-order valence-corrected chi connectivity index (χ1v) is 41.0. The Hall–Kier alpha value is -11.9. The lowest BCUT2D eigenvalue weighted by Gasteiger charge is -2.39. The van der Waals surface area contributed by atoms with Crippen LogP contribution < -0.4 is 65.9 Å². The SMILES string of the molecule is Cc1cc(O)cc(C)c1C[C@H](N)C(=O)N[C@H](CCCN=C(N)N)C(=O)N[C@@H](Cc1ccccc1)C(=O)N[C@@H](CCCCN)C(=O)NCCCCCCCCNC(=O)[C@H](Cc1ccccc1)N[C@H](CC1CCCCC1)C(=O)NCC1Cc2ccccc2CN1C(=O)[C@@H](N)Cc1ccc(O)cc1.O=C(O)C(F)(F)F.O=C(O)C(F)(F)F.O=C(O)C(F)(F)F.O=C(O)C(F)(F)F. The van der Waals surface area contributed by atoms with Gasteiger partial charge in [0.05, 0.1) is 30.2 Å². The predicted molar refractivity (Wildman–Crippen MR) is 446 cm³/mol. The Morgan fingerprint density at radius 3 is 1.35 bits per heavy atom. The molecular weight excluding hydrogens is 1720 g/mol. The molecule has 7 rings (SSSR count). The van der Waals surface area contributed by atoms with Gasteiger partial charge < -0.3 is 96.1 Å². The van der Waals surface area contributed by atoms with Crippen molar-refractivity contribution in [1.29, 1.82) is 0 Å². The van der Waals surface area contributed by atoms with Crippen molar-refractivity contribution in [2.45, 2.75) is 235 Å². The maximum absolute atomic E-state index is 14.7. The van der Waals surface area contributed by atoms with E-state index in [1.54, 1.807) is 41.3 Å². The number of amides is 7. The summed E-state index contributed by atoms with van der Waals surface area (Å²) in [6.45, 7) is 5.59. The minimum absolute atomic E-state index is 0.0786. The summed E-state index contributed by atoms with van der Waals surface area (Å²) >= 11 is 0. The number of aryl methyl sites for hydroxylation is 2. The number of guanidine groups is 1. The van der Waals surface area contributed by atoms with E-state index in [1.807, 2.05) is 92.7 Å². The molecule has 0 radical (unpaired) electrons. The second kappa shape index (κ2) is 55.7. The number of nitrogens with zero attached hydrogens (tertiary/aromatic N) is 2. The molecule has 5 aromatic rings. The summed E-state index contributed by atoms with van der Waals surface area (Å²) < 4.78 is 127. The number of nitrogens with two attached hydrogens (primary N) is 5. The van der Waals surface area contributed by atoms with Crippen LogP contribution in [0.4, 0.5) is 52.7 Å². The van der Waals surface area contributed by atoms with Gasteiger partial charge in [-0.15, -0.1) is 0 Å². The number of unbranched alkanes of at least 4 members (excludes halogenated alkanes) is 6. The van der Waals surface area contributed by atoms with Crippen LogP contribution in [0.1, 0.15) is 154 Å². The van der Waals surface area contributed by atoms with Crippen LogP contribution in [0.15, 0.2) is 126 Å². The predicted octanol–water partition coefficient (Wildman–Crippen LogP) is 7.75. The summed E-state index contributed by atoms with van der Waals surface area (Å²) in [5, 5.41) is 70.0. The van der Waals surface area contributed by atoms with Crippen molar-refractivity contribution >= 4 is 71.2 Å². The van der Waals surface area contributed by atoms with Crippen molar-refractivity contribution in [3.05, 3.63) is 166 Å². The van der Waals surface area contributed by atoms with Gasteiger partial charge in [0.2, 0.25) is 41.4 Å². The van der Waals surface area contributed by atoms with E-state index in [1.165, 1.54) is 0 Å². The number of aliphatic imine (C=N–C) groups is 1. The lowest BCUT2D eigenvalue weighted by atomic mass is 9.84. The number of carbonyl (C=O) groups excluding carboxylic acids is 7. The maximum Gasteiger partial charge on any atom is 0.490 e. The summed E-state index contributed by atoms with van der Waals surface area (Å²) in [4.78, 5) is 141. The average Bonchev–Trinajstić information content (AvgIpc) is 0.793. The van der Waals surface area contributed by atoms with Gasteiger partial charge in [-0.05, 0) is 172 Å². The minimum Gasteiger partial charge on any atom is -0.508 e. The van der Waals surface area contributed by atoms with Gasteiger partial charge in [0.25, 0.3) is 0 Å². The molecule has 1 aliphatic heterocycles. The van der Waals surface area contributed by atoms with Crippen molar-refractivity contribution in [2.24, 2.45) is 39.6 Å². The fourth-order valence-corrected chi connectivity index (χ4v) is 13.5. The van der Waals surface area contributed by atoms with Crippen LogP contribution in [0.2, 0.25) is 0 Å². The van der Waals surface area contributed by atoms with Crippen LogP contribution in [-0.4, -0.2) is 212 Å². The monoisotopic (exact) mass is 1830 g/mol. The number of carbonyl (C=O) groups is 11. The standard InChI is InChI=1S/C77H110N14O9.4C2HF3O2/c1-51-41-61(93)42-52(2)62(51)48-63(79)70(94)88-66(32-22-40-85-77(81)82)74(98)90-69(46-55-27-14-9-15-28-55)75(99)89-65(31-18-19-37-78)71(95)83-38-20-5-3-4-6-21-39-84-72(96)67(44-53-23-10-7-11-24-53)87-68(45-54-25-12-8-13-26-54)73(97)86-49-59-47-57-29-16-17-30-58(57)50-91(59)76(100)64(80)43-56-33-35-60(92)36-34-56;4*3-2(4,5)1(6)7/h7,9-11,14-17,23-24,27-30,33-36,41-42,54,59,63-69,87,92-93H,3-6,8,12-13,18-22,25-26,31-32,37-40,43-50,78-80H2,1-2H3,(H,83,95)(H,84,96)(H,86,97)(H,88,94)(H,89,99)(H,90,98)(H4,81,82,85);4*(H,6,7)/t59?,63-,64-,65-,66+,67-,68+,69-;;;;/m0..../s1. The highest BCUT2D eigenvalue weighted by atomic mass is 19.4. The Bertz CT molecular complexity index is 4240. The molecule has 1 fully saturated rings. The number of phenols is 2. The molecule has 1 unspecified atom stereocenters. The summed E-state index contributed by atoms with van der Waals surface area (Å²) in [5.41, 5.74) is 37.1. The molecule has 0 saturated heterocycles. The molecule has 0 aromatic heterocycles. The van der Waals surface area contributed by atoms with E-state index >= 15 is 0 Å². The first-order valence-electron chi connectivity index (χ1n) is 41.0. The second-order valence-electron chi connectivity index (χ2n) is 30.4. The number of hydrogen-bond acceptors (Lipinski definition) is 18. The highest BCUT2D eigenvalue weighted by molar-refractivity contribution is 5.95. The minimum atomic E-state index is -5.08. The van der Waals surface area contributed by atoms with Gasteiger partial charge >= 0.3 is 48.6 Å². The van der Waals surface area contributed by atoms with Crippen molar-refractivity contribution < 1.29 is 136 Å². The quantitative estimate of drug-likeness (QED) is 0.00769. The summed E-state index contributed by atoms with van der Waals surface area (Å²) in [5.74, 6) is -13.4. The zero-order valence-electron chi connectivity index (χ0n) is 70.5. The Balaban J connectivity index is 0.00000129. The Kier molecular flexibility index (Phi) is 48.0. The van der Waals surface area contributed by atoms with Gasteiger partial charge in [-0.3, -0.25) is 43.9 Å². The molecule has 0 spiro atoms. The van der Waals surface area contributed by atoms with Crippen LogP contribution in [0.5, 0.6) is 11.5 Å². The molecule has 5 aromatic carbocycles. The van der Waals surface area contributed by atoms with Gasteiger partial charge in [0.1, 0.15) is 29.6 Å². The fraction of sp³-hybridized carbons (Fsp3) is 0.506. The lowest BCUT2D eigenvalue weighted by molar-refractivity contribution is -0.193. The number of aromatic hydroxyl groups is 2. The number of benzene rings is 5. The molecule has 2 aliphatic rings. The maximum atomic E-state index is 14.7. The third kappa shape index (κ3) is 43.6. The average molecular weight is 1830 g/mol. The Labute approximate surface area is 730 Å². The number of carboxylic acids is 4. The van der Waals surface area contributed by atoms with Crippen LogP contribution in [-0.2, 0) is 91.4 Å².